The molecule has 13 heavy (non-hydrogen) atoms. The van der Waals surface area contributed by atoms with Gasteiger partial charge >= 0.3 is 5.97 Å². The van der Waals surface area contributed by atoms with Crippen LogP contribution in [0.2, 0.25) is 0 Å². The lowest BCUT2D eigenvalue weighted by molar-refractivity contribution is -0.147. The molecule has 1 atom stereocenters. The lowest BCUT2D eigenvalue weighted by Crippen LogP contribution is -2.26. The molecule has 4 heteroatoms. The van der Waals surface area contributed by atoms with Gasteiger partial charge in [-0.05, 0) is 12.3 Å². The normalized spacial score (nSPS) is 21.8. The first-order valence-electron chi connectivity index (χ1n) is 4.55. The second-order valence-electron chi connectivity index (χ2n) is 3.66. The Bertz CT molecular complexity index is 216. The highest BCUT2D eigenvalue weighted by Gasteiger charge is 2.28. The Kier molecular flexibility index (Phi) is 3.66. The van der Waals surface area contributed by atoms with Crippen molar-refractivity contribution < 1.29 is 9.53 Å². The zero-order chi connectivity index (χ0) is 9.84. The van der Waals surface area contributed by atoms with Crippen LogP contribution in [0.15, 0.2) is 0 Å². The Morgan fingerprint density at radius 3 is 2.92 bits per heavy atom. The van der Waals surface area contributed by atoms with Gasteiger partial charge in [-0.2, -0.15) is 0 Å². The molecule has 1 aliphatic heterocycles. The van der Waals surface area contributed by atoms with Crippen molar-refractivity contribution in [1.82, 2.24) is 5.32 Å². The summed E-state index contributed by atoms with van der Waals surface area (Å²) in [6, 6.07) is 0. The highest BCUT2D eigenvalue weighted by Crippen LogP contribution is 2.13. The molecule has 1 N–H and O–H groups in total. The number of ether oxygens (including phenoxy) is 1. The Balaban J connectivity index is 2.34. The van der Waals surface area contributed by atoms with Gasteiger partial charge in [-0.1, -0.05) is 26.1 Å². The maximum Gasteiger partial charge on any atom is 0.315 e. The summed E-state index contributed by atoms with van der Waals surface area (Å²) in [7, 11) is 0. The Labute approximate surface area is 83.8 Å². The highest BCUT2D eigenvalue weighted by atomic mass is 32.1. The number of esters is 1. The minimum absolute atomic E-state index is 0.177. The third-order valence-electron chi connectivity index (χ3n) is 1.89. The average molecular weight is 201 g/mol. The molecule has 0 aliphatic carbocycles. The van der Waals surface area contributed by atoms with Gasteiger partial charge in [-0.25, -0.2) is 0 Å². The van der Waals surface area contributed by atoms with Gasteiger partial charge in [0.2, 0.25) is 0 Å². The number of rotatable bonds is 3. The molecule has 3 nitrogen and oxygen atoms in total. The van der Waals surface area contributed by atoms with Crippen LogP contribution in [0.4, 0.5) is 0 Å². The topological polar surface area (TPSA) is 38.3 Å². The molecule has 1 saturated heterocycles. The number of carbonyl (C=O) groups excluding carboxylic acids is 1. The van der Waals surface area contributed by atoms with Crippen molar-refractivity contribution in [1.29, 1.82) is 0 Å². The van der Waals surface area contributed by atoms with Crippen LogP contribution < -0.4 is 5.32 Å². The standard InChI is InChI=1S/C9H15NO2S/c1-6(2)5-12-9(11)7-3-4-10-8(7)13/h6-7H,3-5H2,1-2H3,(H,10,13). The lowest BCUT2D eigenvalue weighted by Gasteiger charge is -2.10. The quantitative estimate of drug-likeness (QED) is 0.548. The van der Waals surface area contributed by atoms with Crippen molar-refractivity contribution in [3.8, 4) is 0 Å². The summed E-state index contributed by atoms with van der Waals surface area (Å²) >= 11 is 4.98. The molecular weight excluding hydrogens is 186 g/mol. The summed E-state index contributed by atoms with van der Waals surface area (Å²) in [5.74, 6) is 0.00401. The number of carbonyl (C=O) groups is 1. The Morgan fingerprint density at radius 1 is 1.77 bits per heavy atom. The molecule has 74 valence electrons. The first-order chi connectivity index (χ1) is 6.11. The van der Waals surface area contributed by atoms with E-state index in [2.05, 4.69) is 5.32 Å². The summed E-state index contributed by atoms with van der Waals surface area (Å²) in [6.07, 6.45) is 0.774. The van der Waals surface area contributed by atoms with Crippen molar-refractivity contribution in [2.45, 2.75) is 20.3 Å². The second kappa shape index (κ2) is 4.56. The molecular formula is C9H15NO2S. The zero-order valence-electron chi connectivity index (χ0n) is 8.00. The van der Waals surface area contributed by atoms with Gasteiger partial charge in [-0.15, -0.1) is 0 Å². The van der Waals surface area contributed by atoms with E-state index in [1.54, 1.807) is 0 Å². The molecule has 0 radical (unpaired) electrons. The fourth-order valence-corrected chi connectivity index (χ4v) is 1.48. The van der Waals surface area contributed by atoms with E-state index in [-0.39, 0.29) is 11.9 Å². The minimum atomic E-state index is -0.200. The molecule has 1 unspecified atom stereocenters. The van der Waals surface area contributed by atoms with Crippen molar-refractivity contribution in [2.24, 2.45) is 11.8 Å². The van der Waals surface area contributed by atoms with Crippen molar-refractivity contribution in [2.75, 3.05) is 13.2 Å². The van der Waals surface area contributed by atoms with Gasteiger partial charge in [-0.3, -0.25) is 4.79 Å². The predicted octanol–water partition coefficient (Wildman–Crippen LogP) is 1.12. The van der Waals surface area contributed by atoms with E-state index in [9.17, 15) is 4.79 Å². The van der Waals surface area contributed by atoms with Crippen molar-refractivity contribution >= 4 is 23.2 Å². The van der Waals surface area contributed by atoms with E-state index in [4.69, 9.17) is 17.0 Å². The molecule has 0 spiro atoms. The summed E-state index contributed by atoms with van der Waals surface area (Å²) in [5, 5.41) is 2.97. The summed E-state index contributed by atoms with van der Waals surface area (Å²) in [6.45, 7) is 5.30. The molecule has 0 aromatic rings. The van der Waals surface area contributed by atoms with E-state index in [1.807, 2.05) is 13.8 Å². The van der Waals surface area contributed by atoms with Gasteiger partial charge in [0, 0.05) is 6.54 Å². The van der Waals surface area contributed by atoms with Crippen LogP contribution >= 0.6 is 12.2 Å². The third kappa shape index (κ3) is 2.95. The van der Waals surface area contributed by atoms with E-state index in [1.165, 1.54) is 0 Å². The van der Waals surface area contributed by atoms with E-state index < -0.39 is 0 Å². The molecule has 1 rings (SSSR count). The largest absolute Gasteiger partial charge is 0.465 e. The summed E-state index contributed by atoms with van der Waals surface area (Å²) < 4.78 is 5.09. The van der Waals surface area contributed by atoms with Crippen LogP contribution in [0.3, 0.4) is 0 Å². The molecule has 1 aliphatic rings. The molecule has 0 saturated carbocycles. The van der Waals surface area contributed by atoms with E-state index in [0.29, 0.717) is 17.5 Å². The van der Waals surface area contributed by atoms with Gasteiger partial charge < -0.3 is 10.1 Å². The average Bonchev–Trinajstić information content (AvgIpc) is 2.47. The van der Waals surface area contributed by atoms with Gasteiger partial charge in [0.25, 0.3) is 0 Å². The van der Waals surface area contributed by atoms with Gasteiger partial charge in [0.1, 0.15) is 5.92 Å². The van der Waals surface area contributed by atoms with Gasteiger partial charge in [0.05, 0.1) is 11.6 Å². The van der Waals surface area contributed by atoms with E-state index >= 15 is 0 Å². The fraction of sp³-hybridized carbons (Fsp3) is 0.778. The molecule has 0 amide bonds. The molecule has 0 aromatic carbocycles. The van der Waals surface area contributed by atoms with Crippen LogP contribution in [0.1, 0.15) is 20.3 Å². The maximum absolute atomic E-state index is 11.4. The molecule has 1 fully saturated rings. The fourth-order valence-electron chi connectivity index (χ4n) is 1.17. The lowest BCUT2D eigenvalue weighted by atomic mass is 10.1. The van der Waals surface area contributed by atoms with Gasteiger partial charge in [0.15, 0.2) is 0 Å². The number of hydrogen-bond donors (Lipinski definition) is 1. The predicted molar refractivity (Wildman–Crippen MR) is 54.5 cm³/mol. The Morgan fingerprint density at radius 2 is 2.46 bits per heavy atom. The third-order valence-corrected chi connectivity index (χ3v) is 2.32. The van der Waals surface area contributed by atoms with Crippen LogP contribution in [0, 0.1) is 11.8 Å². The highest BCUT2D eigenvalue weighted by molar-refractivity contribution is 7.80. The molecule has 0 aromatic heterocycles. The first kappa shape index (κ1) is 10.4. The maximum atomic E-state index is 11.4. The molecule has 0 bridgehead atoms. The molecule has 1 heterocycles. The first-order valence-corrected chi connectivity index (χ1v) is 4.96. The number of hydrogen-bond acceptors (Lipinski definition) is 3. The van der Waals surface area contributed by atoms with Crippen LogP contribution in [-0.4, -0.2) is 24.1 Å². The SMILES string of the molecule is CC(C)COC(=O)C1CCNC1=S. The minimum Gasteiger partial charge on any atom is -0.465 e. The summed E-state index contributed by atoms with van der Waals surface area (Å²) in [5.41, 5.74) is 0. The second-order valence-corrected chi connectivity index (χ2v) is 4.10. The van der Waals surface area contributed by atoms with Crippen LogP contribution in [-0.2, 0) is 9.53 Å². The van der Waals surface area contributed by atoms with Crippen molar-refractivity contribution in [3.05, 3.63) is 0 Å². The number of nitrogens with one attached hydrogen (secondary N) is 1. The van der Waals surface area contributed by atoms with Crippen LogP contribution in [0.5, 0.6) is 0 Å². The smallest absolute Gasteiger partial charge is 0.315 e. The number of thiocarbonyl (C=S) groups is 1. The summed E-state index contributed by atoms with van der Waals surface area (Å²) in [4.78, 5) is 12.0. The Hall–Kier alpha value is -0.640. The van der Waals surface area contributed by atoms with Crippen molar-refractivity contribution in [3.63, 3.8) is 0 Å². The van der Waals surface area contributed by atoms with Crippen LogP contribution in [0.25, 0.3) is 0 Å². The van der Waals surface area contributed by atoms with E-state index in [0.717, 1.165) is 13.0 Å². The monoisotopic (exact) mass is 201 g/mol. The zero-order valence-corrected chi connectivity index (χ0v) is 8.82.